The lowest BCUT2D eigenvalue weighted by Crippen LogP contribution is -2.33. The highest BCUT2D eigenvalue weighted by Gasteiger charge is 2.29. The van der Waals surface area contributed by atoms with Gasteiger partial charge in [-0.3, -0.25) is 9.59 Å². The van der Waals surface area contributed by atoms with Crippen LogP contribution in [0.4, 0.5) is 0 Å². The first-order valence-corrected chi connectivity index (χ1v) is 19.5. The fourth-order valence-electron chi connectivity index (χ4n) is 6.69. The average Bonchev–Trinajstić information content (AvgIpc) is 3.21. The number of carbonyl (C=O) groups is 4. The van der Waals surface area contributed by atoms with Crippen molar-refractivity contribution in [3.8, 4) is 11.5 Å². The van der Waals surface area contributed by atoms with Crippen LogP contribution in [0.2, 0.25) is 10.0 Å². The summed E-state index contributed by atoms with van der Waals surface area (Å²) < 4.78 is 11.3. The predicted octanol–water partition coefficient (Wildman–Crippen LogP) is 8.66. The summed E-state index contributed by atoms with van der Waals surface area (Å²) >= 11 is 12.3. The third kappa shape index (κ3) is 10.4. The molecular formula is C46H44Cl2N4O6. The van der Waals surface area contributed by atoms with Crippen molar-refractivity contribution in [1.82, 2.24) is 20.4 Å². The van der Waals surface area contributed by atoms with E-state index in [0.29, 0.717) is 46.7 Å². The van der Waals surface area contributed by atoms with Gasteiger partial charge in [-0.1, -0.05) is 108 Å². The maximum atomic E-state index is 14.2. The second-order valence-corrected chi connectivity index (χ2v) is 15.3. The standard InChI is InChI=1S/C46H44Cl2N4O6/c1-51(2)27-25-37(31-13-19-33(47)20-14-31)49-43(53)41-35-11-7-5-9-29(35)17-23-39(41)57-45(55)46(56)58-40-24-18-30-10-6-8-12-36(30)42(40)44(54)50-38(26-28-52(3)4)32-15-21-34(48)22-16-32/h5-24,37-38H,25-28H2,1-4H3,(H,49,53)(H,50,54). The van der Waals surface area contributed by atoms with E-state index in [1.165, 1.54) is 12.1 Å². The fraction of sp³-hybridized carbons (Fsp3) is 0.217. The van der Waals surface area contributed by atoms with Gasteiger partial charge < -0.3 is 29.9 Å². The van der Waals surface area contributed by atoms with Crippen molar-refractivity contribution in [2.75, 3.05) is 41.3 Å². The Labute approximate surface area is 347 Å². The van der Waals surface area contributed by atoms with E-state index in [1.807, 2.05) is 86.5 Å². The minimum atomic E-state index is -1.38. The number of fused-ring (bicyclic) bond motifs is 2. The molecule has 0 aliphatic carbocycles. The van der Waals surface area contributed by atoms with E-state index in [0.717, 1.165) is 21.9 Å². The molecule has 0 saturated carbocycles. The molecular weight excluding hydrogens is 775 g/mol. The van der Waals surface area contributed by atoms with Crippen LogP contribution in [0, 0.1) is 0 Å². The van der Waals surface area contributed by atoms with Crippen LogP contribution < -0.4 is 20.1 Å². The lowest BCUT2D eigenvalue weighted by Gasteiger charge is -2.23. The summed E-state index contributed by atoms with van der Waals surface area (Å²) in [5.41, 5.74) is 1.82. The number of nitrogens with zero attached hydrogens (tertiary/aromatic N) is 2. The van der Waals surface area contributed by atoms with Gasteiger partial charge in [0.05, 0.1) is 23.2 Å². The number of carbonyl (C=O) groups excluding carboxylic acids is 4. The summed E-state index contributed by atoms with van der Waals surface area (Å²) in [6.45, 7) is 1.34. The normalized spacial score (nSPS) is 12.3. The summed E-state index contributed by atoms with van der Waals surface area (Å²) in [5, 5.41) is 9.82. The number of halogens is 2. The molecule has 2 N–H and O–H groups in total. The zero-order valence-electron chi connectivity index (χ0n) is 32.6. The molecule has 0 aromatic heterocycles. The molecule has 2 atom stereocenters. The van der Waals surface area contributed by atoms with Crippen LogP contribution in [0.3, 0.4) is 0 Å². The Morgan fingerprint density at radius 1 is 0.517 bits per heavy atom. The Hall–Kier alpha value is -5.78. The molecule has 58 heavy (non-hydrogen) atoms. The minimum absolute atomic E-state index is 0.0693. The smallest absolute Gasteiger partial charge is 0.417 e. The minimum Gasteiger partial charge on any atom is -0.417 e. The van der Waals surface area contributed by atoms with E-state index in [-0.39, 0.29) is 22.6 Å². The molecule has 6 rings (SSSR count). The molecule has 10 nitrogen and oxygen atoms in total. The lowest BCUT2D eigenvalue weighted by molar-refractivity contribution is -0.156. The highest BCUT2D eigenvalue weighted by Crippen LogP contribution is 2.32. The van der Waals surface area contributed by atoms with Gasteiger partial charge in [0, 0.05) is 10.0 Å². The van der Waals surface area contributed by atoms with Gasteiger partial charge in [-0.15, -0.1) is 0 Å². The van der Waals surface area contributed by atoms with E-state index >= 15 is 0 Å². The topological polar surface area (TPSA) is 117 Å². The zero-order valence-corrected chi connectivity index (χ0v) is 34.1. The highest BCUT2D eigenvalue weighted by molar-refractivity contribution is 6.32. The molecule has 12 heteroatoms. The van der Waals surface area contributed by atoms with Gasteiger partial charge in [0.1, 0.15) is 11.5 Å². The number of benzene rings is 6. The second-order valence-electron chi connectivity index (χ2n) is 14.4. The van der Waals surface area contributed by atoms with E-state index in [2.05, 4.69) is 10.6 Å². The van der Waals surface area contributed by atoms with Crippen LogP contribution in [0.15, 0.2) is 121 Å². The summed E-state index contributed by atoms with van der Waals surface area (Å²) in [6.07, 6.45) is 1.15. The van der Waals surface area contributed by atoms with E-state index < -0.39 is 35.8 Å². The van der Waals surface area contributed by atoms with Gasteiger partial charge in [-0.05, 0) is 123 Å². The summed E-state index contributed by atoms with van der Waals surface area (Å²) in [7, 11) is 7.78. The Morgan fingerprint density at radius 2 is 0.879 bits per heavy atom. The van der Waals surface area contributed by atoms with Gasteiger partial charge >= 0.3 is 11.9 Å². The predicted molar refractivity (Wildman–Crippen MR) is 229 cm³/mol. The first kappa shape index (κ1) is 41.8. The molecule has 0 saturated heterocycles. The van der Waals surface area contributed by atoms with E-state index in [9.17, 15) is 19.2 Å². The van der Waals surface area contributed by atoms with Crippen molar-refractivity contribution in [2.24, 2.45) is 0 Å². The fourth-order valence-corrected chi connectivity index (χ4v) is 6.95. The molecule has 0 fully saturated rings. The van der Waals surface area contributed by atoms with Gasteiger partial charge in [-0.2, -0.15) is 0 Å². The molecule has 0 heterocycles. The molecule has 6 aromatic rings. The molecule has 0 aliphatic heterocycles. The van der Waals surface area contributed by atoms with Crippen LogP contribution in [-0.2, 0) is 9.59 Å². The first-order valence-electron chi connectivity index (χ1n) is 18.8. The third-order valence-electron chi connectivity index (χ3n) is 9.69. The Balaban J connectivity index is 1.29. The molecule has 298 valence electrons. The van der Waals surface area contributed by atoms with Crippen molar-refractivity contribution in [1.29, 1.82) is 0 Å². The number of ether oxygens (including phenoxy) is 2. The number of esters is 2. The summed E-state index contributed by atoms with van der Waals surface area (Å²) in [4.78, 5) is 59.7. The number of rotatable bonds is 14. The average molecular weight is 820 g/mol. The van der Waals surface area contributed by atoms with Crippen LogP contribution in [-0.4, -0.2) is 74.8 Å². The summed E-state index contributed by atoms with van der Waals surface area (Å²) in [5.74, 6) is -4.05. The second kappa shape index (κ2) is 19.1. The third-order valence-corrected chi connectivity index (χ3v) is 10.2. The number of amides is 2. The molecule has 0 bridgehead atoms. The maximum absolute atomic E-state index is 14.2. The van der Waals surface area contributed by atoms with E-state index in [1.54, 1.807) is 60.7 Å². The quantitative estimate of drug-likeness (QED) is 0.0638. The number of nitrogens with one attached hydrogen (secondary N) is 2. The van der Waals surface area contributed by atoms with Crippen LogP contribution in [0.25, 0.3) is 21.5 Å². The monoisotopic (exact) mass is 818 g/mol. The zero-order chi connectivity index (χ0) is 41.3. The number of hydrogen-bond donors (Lipinski definition) is 2. The molecule has 6 aromatic carbocycles. The van der Waals surface area contributed by atoms with Crippen LogP contribution in [0.5, 0.6) is 11.5 Å². The van der Waals surface area contributed by atoms with Gasteiger partial charge in [-0.25, -0.2) is 9.59 Å². The van der Waals surface area contributed by atoms with Crippen LogP contribution >= 0.6 is 23.2 Å². The Morgan fingerprint density at radius 3 is 1.24 bits per heavy atom. The highest BCUT2D eigenvalue weighted by atomic mass is 35.5. The van der Waals surface area contributed by atoms with Crippen molar-refractivity contribution in [3.05, 3.63) is 154 Å². The lowest BCUT2D eigenvalue weighted by atomic mass is 10.00. The van der Waals surface area contributed by atoms with Crippen LogP contribution in [0.1, 0.15) is 56.8 Å². The van der Waals surface area contributed by atoms with Crippen molar-refractivity contribution < 1.29 is 28.7 Å². The Bertz CT molecular complexity index is 2270. The number of hydrogen-bond acceptors (Lipinski definition) is 8. The molecule has 0 radical (unpaired) electrons. The largest absolute Gasteiger partial charge is 0.423 e. The van der Waals surface area contributed by atoms with Gasteiger partial charge in [0.15, 0.2) is 0 Å². The van der Waals surface area contributed by atoms with Crippen molar-refractivity contribution in [3.63, 3.8) is 0 Å². The maximum Gasteiger partial charge on any atom is 0.423 e. The SMILES string of the molecule is CN(C)CCC(NC(=O)c1c(OC(=O)C(=O)Oc2ccc3ccccc3c2C(=O)NC(CCN(C)C)c2ccc(Cl)cc2)ccc2ccccc12)c1ccc(Cl)cc1. The van der Waals surface area contributed by atoms with Crippen molar-refractivity contribution in [2.45, 2.75) is 24.9 Å². The van der Waals surface area contributed by atoms with Gasteiger partial charge in [0.2, 0.25) is 0 Å². The molecule has 0 aliphatic rings. The molecule has 0 spiro atoms. The van der Waals surface area contributed by atoms with Crippen molar-refractivity contribution >= 4 is 68.5 Å². The molecule has 2 amide bonds. The molecule has 2 unspecified atom stereocenters. The van der Waals surface area contributed by atoms with E-state index in [4.69, 9.17) is 32.7 Å². The summed E-state index contributed by atoms with van der Waals surface area (Å²) in [6, 6.07) is 34.3. The van der Waals surface area contributed by atoms with Gasteiger partial charge in [0.25, 0.3) is 11.8 Å². The Kier molecular flexibility index (Phi) is 13.8. The first-order chi connectivity index (χ1) is 27.9.